The monoisotopic (exact) mass is 810 g/mol. The highest BCUT2D eigenvalue weighted by atomic mass is 19.3. The molecule has 57 heavy (non-hydrogen) atoms. The molecule has 0 saturated heterocycles. The van der Waals surface area contributed by atoms with Crippen LogP contribution in [0, 0.1) is 58.6 Å². The Bertz CT molecular complexity index is 1840. The summed E-state index contributed by atoms with van der Waals surface area (Å²) >= 11 is 0. The van der Waals surface area contributed by atoms with Crippen LogP contribution in [0.4, 0.5) is 43.9 Å². The molecule has 12 heteroatoms. The fraction of sp³-hybridized carbons (Fsp3) is 0.467. The van der Waals surface area contributed by atoms with Gasteiger partial charge in [-0.1, -0.05) is 95.9 Å². The lowest BCUT2D eigenvalue weighted by atomic mass is 9.78. The number of hydrogen-bond donors (Lipinski definition) is 0. The zero-order valence-corrected chi connectivity index (χ0v) is 32.0. The molecule has 0 aliphatic heterocycles. The van der Waals surface area contributed by atoms with Gasteiger partial charge in [0.05, 0.1) is 11.1 Å². The molecular weight excluding hydrogens is 762 g/mol. The molecule has 2 aliphatic carbocycles. The lowest BCUT2D eigenvalue weighted by Crippen LogP contribution is -2.22. The molecule has 0 spiro atoms. The first kappa shape index (κ1) is 43.9. The van der Waals surface area contributed by atoms with Crippen molar-refractivity contribution in [2.75, 3.05) is 0 Å². The van der Waals surface area contributed by atoms with Gasteiger partial charge in [0.1, 0.15) is 11.5 Å². The summed E-state index contributed by atoms with van der Waals surface area (Å²) < 4.78 is 145. The second-order valence-electron chi connectivity index (χ2n) is 15.5. The summed E-state index contributed by atoms with van der Waals surface area (Å²) in [7, 11) is 0. The molecule has 2 saturated carbocycles. The molecule has 0 bridgehead atoms. The lowest BCUT2D eigenvalue weighted by molar-refractivity contribution is -0.186. The van der Waals surface area contributed by atoms with Gasteiger partial charge in [-0.15, -0.1) is 0 Å². The van der Waals surface area contributed by atoms with Gasteiger partial charge in [0.25, 0.3) is 0 Å². The summed E-state index contributed by atoms with van der Waals surface area (Å²) in [5, 5.41) is 0. The van der Waals surface area contributed by atoms with Crippen LogP contribution in [-0.4, -0.2) is 0 Å². The summed E-state index contributed by atoms with van der Waals surface area (Å²) in [6, 6.07) is 13.0. The summed E-state index contributed by atoms with van der Waals surface area (Å²) in [4.78, 5) is 0. The zero-order valence-electron chi connectivity index (χ0n) is 32.0. The van der Waals surface area contributed by atoms with Crippen molar-refractivity contribution in [3.63, 3.8) is 0 Å². The second kappa shape index (κ2) is 19.5. The fourth-order valence-corrected chi connectivity index (χ4v) is 7.61. The Morgan fingerprint density at radius 3 is 1.14 bits per heavy atom. The van der Waals surface area contributed by atoms with Gasteiger partial charge in [0.15, 0.2) is 34.9 Å². The second-order valence-corrected chi connectivity index (χ2v) is 15.5. The van der Waals surface area contributed by atoms with Crippen LogP contribution in [0.15, 0.2) is 72.8 Å². The van der Waals surface area contributed by atoms with Gasteiger partial charge in [-0.3, -0.25) is 0 Å². The zero-order chi connectivity index (χ0) is 41.3. The first-order valence-corrected chi connectivity index (χ1v) is 19.6. The lowest BCUT2D eigenvalue weighted by Gasteiger charge is -2.27. The highest BCUT2D eigenvalue weighted by molar-refractivity contribution is 5.30. The molecule has 0 N–H and O–H groups in total. The first-order chi connectivity index (χ1) is 27.0. The van der Waals surface area contributed by atoms with E-state index in [2.05, 4.69) is 23.3 Å². The predicted octanol–water partition coefficient (Wildman–Crippen LogP) is 14.4. The van der Waals surface area contributed by atoms with Gasteiger partial charge in [0.2, 0.25) is 0 Å². The summed E-state index contributed by atoms with van der Waals surface area (Å²) in [5.41, 5.74) is 1.04. The maximum absolute atomic E-state index is 14.3. The summed E-state index contributed by atoms with van der Waals surface area (Å²) in [5.74, 6) is -8.35. The van der Waals surface area contributed by atoms with Crippen LogP contribution in [-0.2, 0) is 25.1 Å². The maximum Gasteiger partial charge on any atom is 0.426 e. The Hall–Kier alpha value is -4.22. The molecule has 6 rings (SSSR count). The Kier molecular flexibility index (Phi) is 15.0. The Morgan fingerprint density at radius 1 is 0.491 bits per heavy atom. The molecule has 0 atom stereocenters. The quantitative estimate of drug-likeness (QED) is 0.0989. The van der Waals surface area contributed by atoms with Gasteiger partial charge in [-0.05, 0) is 84.7 Å². The molecule has 4 aromatic carbocycles. The van der Waals surface area contributed by atoms with Gasteiger partial charge in [-0.25, -0.2) is 26.3 Å². The highest BCUT2D eigenvalue weighted by Crippen LogP contribution is 2.37. The van der Waals surface area contributed by atoms with Crippen LogP contribution in [0.25, 0.3) is 0 Å². The average Bonchev–Trinajstić information content (AvgIpc) is 3.18. The van der Waals surface area contributed by atoms with Gasteiger partial charge in [0, 0.05) is 24.3 Å². The smallest absolute Gasteiger partial charge is 0.426 e. The number of hydrogen-bond acceptors (Lipinski definition) is 2. The Balaban J connectivity index is 0.000000218. The van der Waals surface area contributed by atoms with E-state index < -0.39 is 69.7 Å². The van der Waals surface area contributed by atoms with E-state index in [0.29, 0.717) is 36.1 Å². The Labute approximate surface area is 327 Å². The highest BCUT2D eigenvalue weighted by Gasteiger charge is 2.36. The number of halogens is 10. The summed E-state index contributed by atoms with van der Waals surface area (Å²) in [6.07, 6.45) is 7.29. The third-order valence-corrected chi connectivity index (χ3v) is 11.3. The van der Waals surface area contributed by atoms with E-state index in [1.807, 2.05) is 0 Å². The van der Waals surface area contributed by atoms with E-state index in [1.54, 1.807) is 24.3 Å². The molecular formula is C45H48F10O2. The molecule has 4 aromatic rings. The molecule has 2 aliphatic rings. The molecule has 0 radical (unpaired) electrons. The van der Waals surface area contributed by atoms with E-state index >= 15 is 0 Å². The van der Waals surface area contributed by atoms with Crippen molar-refractivity contribution in [3.8, 4) is 11.5 Å². The number of rotatable bonds is 13. The number of aryl methyl sites for hydroxylation is 2. The minimum absolute atomic E-state index is 0.395. The number of ether oxygens (including phenoxy) is 2. The van der Waals surface area contributed by atoms with Crippen LogP contribution in [0.3, 0.4) is 0 Å². The molecule has 310 valence electrons. The Morgan fingerprint density at radius 2 is 0.807 bits per heavy atom. The van der Waals surface area contributed by atoms with Crippen molar-refractivity contribution in [1.29, 1.82) is 0 Å². The van der Waals surface area contributed by atoms with E-state index in [-0.39, 0.29) is 0 Å². The van der Waals surface area contributed by atoms with Gasteiger partial charge in [-0.2, -0.15) is 17.6 Å². The number of benzene rings is 4. The first-order valence-electron chi connectivity index (χ1n) is 19.6. The van der Waals surface area contributed by atoms with E-state index in [4.69, 9.17) is 0 Å². The predicted molar refractivity (Wildman–Crippen MR) is 198 cm³/mol. The van der Waals surface area contributed by atoms with Gasteiger partial charge < -0.3 is 9.47 Å². The third kappa shape index (κ3) is 12.4. The van der Waals surface area contributed by atoms with Crippen molar-refractivity contribution in [2.24, 2.45) is 23.7 Å². The molecule has 2 nitrogen and oxygen atoms in total. The van der Waals surface area contributed by atoms with E-state index in [1.165, 1.54) is 82.1 Å². The minimum Gasteiger partial charge on any atom is -0.429 e. The standard InChI is InChI=1S/C23H25F5O.C22H23F5O/c1-2-15-3-5-16(6-4-15)7-8-17-9-11-18(12-10-17)23(27,28)29-19-13-20(24)22(26)21(25)14-19;1-14-2-4-15(5-3-14)6-7-16-8-10-17(11-9-16)22(26,27)28-18-12-19(23)21(25)20(24)13-18/h9-16H,2-8H2,1H3;8-15H,2-7H2,1H3. The number of alkyl halides is 4. The van der Waals surface area contributed by atoms with Crippen molar-refractivity contribution in [2.45, 2.75) is 110 Å². The molecule has 2 fully saturated rings. The average molecular weight is 811 g/mol. The molecule has 0 amide bonds. The van der Waals surface area contributed by atoms with Crippen LogP contribution in [0.1, 0.15) is 107 Å². The fourth-order valence-electron chi connectivity index (χ4n) is 7.61. The molecule has 0 heterocycles. The van der Waals surface area contributed by atoms with Crippen molar-refractivity contribution >= 4 is 0 Å². The minimum atomic E-state index is -3.80. The van der Waals surface area contributed by atoms with Crippen molar-refractivity contribution in [3.05, 3.63) is 130 Å². The third-order valence-electron chi connectivity index (χ3n) is 11.3. The maximum atomic E-state index is 14.3. The van der Waals surface area contributed by atoms with Crippen LogP contribution >= 0.6 is 0 Å². The summed E-state index contributed by atoms with van der Waals surface area (Å²) in [6.45, 7) is 4.50. The normalized spacial score (nSPS) is 20.1. The van der Waals surface area contributed by atoms with Crippen LogP contribution < -0.4 is 9.47 Å². The van der Waals surface area contributed by atoms with E-state index in [9.17, 15) is 43.9 Å². The van der Waals surface area contributed by atoms with E-state index in [0.717, 1.165) is 48.6 Å². The van der Waals surface area contributed by atoms with Crippen LogP contribution in [0.5, 0.6) is 11.5 Å². The van der Waals surface area contributed by atoms with Crippen LogP contribution in [0.2, 0.25) is 0 Å². The van der Waals surface area contributed by atoms with Crippen molar-refractivity contribution < 1.29 is 53.4 Å². The van der Waals surface area contributed by atoms with Gasteiger partial charge >= 0.3 is 12.2 Å². The molecule has 0 aromatic heterocycles. The van der Waals surface area contributed by atoms with Crippen molar-refractivity contribution in [1.82, 2.24) is 0 Å². The molecule has 0 unspecified atom stereocenters. The largest absolute Gasteiger partial charge is 0.429 e. The SMILES string of the molecule is CC1CCC(CCc2ccc(C(F)(F)Oc3cc(F)c(F)c(F)c3)cc2)CC1.CCC1CCC(CCc2ccc(C(F)(F)Oc3cc(F)c(F)c(F)c3)cc2)CC1. The topological polar surface area (TPSA) is 18.5 Å².